The van der Waals surface area contributed by atoms with Crippen molar-refractivity contribution < 1.29 is 17.6 Å². The molecule has 29 heavy (non-hydrogen) atoms. The molecule has 0 aliphatic carbocycles. The van der Waals surface area contributed by atoms with Gasteiger partial charge in [0.25, 0.3) is 15.9 Å². The minimum Gasteiger partial charge on any atom is -0.469 e. The molecule has 0 spiro atoms. The summed E-state index contributed by atoms with van der Waals surface area (Å²) in [7, 11) is -3.74. The Morgan fingerprint density at radius 2 is 1.86 bits per heavy atom. The number of halogens is 1. The van der Waals surface area contributed by atoms with Gasteiger partial charge in [-0.2, -0.15) is 0 Å². The van der Waals surface area contributed by atoms with Crippen molar-refractivity contribution in [2.24, 2.45) is 0 Å². The maximum absolute atomic E-state index is 12.5. The van der Waals surface area contributed by atoms with Gasteiger partial charge in [-0.15, -0.1) is 0 Å². The number of furan rings is 1. The third-order valence-electron chi connectivity index (χ3n) is 4.26. The Hall–Kier alpha value is -2.77. The van der Waals surface area contributed by atoms with Gasteiger partial charge in [0.1, 0.15) is 5.76 Å². The van der Waals surface area contributed by atoms with Crippen molar-refractivity contribution in [1.29, 1.82) is 0 Å². The van der Waals surface area contributed by atoms with Gasteiger partial charge in [-0.1, -0.05) is 29.3 Å². The molecule has 0 saturated heterocycles. The predicted octanol–water partition coefficient (Wildman–Crippen LogP) is 4.40. The fourth-order valence-corrected chi connectivity index (χ4v) is 4.02. The minimum atomic E-state index is -3.74. The highest BCUT2D eigenvalue weighted by molar-refractivity contribution is 7.92. The molecule has 0 radical (unpaired) electrons. The summed E-state index contributed by atoms with van der Waals surface area (Å²) in [6.45, 7) is 2.35. The van der Waals surface area contributed by atoms with Gasteiger partial charge in [-0.05, 0) is 55.8 Å². The Bertz CT molecular complexity index is 1080. The van der Waals surface area contributed by atoms with Crippen molar-refractivity contribution in [1.82, 2.24) is 5.32 Å². The second kappa shape index (κ2) is 9.15. The van der Waals surface area contributed by atoms with Gasteiger partial charge in [-0.25, -0.2) is 8.42 Å². The molecule has 0 bridgehead atoms. The maximum Gasteiger partial charge on any atom is 0.261 e. The van der Waals surface area contributed by atoms with E-state index in [0.29, 0.717) is 6.54 Å². The number of carbonyl (C=O) groups excluding carboxylic acids is 1. The zero-order valence-corrected chi connectivity index (χ0v) is 17.4. The Labute approximate surface area is 174 Å². The van der Waals surface area contributed by atoms with Crippen LogP contribution in [0.1, 0.15) is 28.1 Å². The zero-order valence-electron chi connectivity index (χ0n) is 15.8. The summed E-state index contributed by atoms with van der Waals surface area (Å²) >= 11 is 6.20. The number of nitrogens with one attached hydrogen (secondary N) is 2. The Kier molecular flexibility index (Phi) is 6.61. The normalized spacial score (nSPS) is 11.2. The Morgan fingerprint density at radius 3 is 2.52 bits per heavy atom. The first-order chi connectivity index (χ1) is 13.8. The molecule has 0 atom stereocenters. The Balaban J connectivity index is 1.60. The average Bonchev–Trinajstić information content (AvgIpc) is 3.19. The van der Waals surface area contributed by atoms with Gasteiger partial charge in [0.2, 0.25) is 0 Å². The summed E-state index contributed by atoms with van der Waals surface area (Å²) < 4.78 is 32.7. The highest BCUT2D eigenvalue weighted by Gasteiger charge is 2.16. The first kappa shape index (κ1) is 21.0. The van der Waals surface area contributed by atoms with Crippen molar-refractivity contribution in [2.75, 3.05) is 11.3 Å². The van der Waals surface area contributed by atoms with Crippen LogP contribution in [0.5, 0.6) is 0 Å². The van der Waals surface area contributed by atoms with E-state index in [4.69, 9.17) is 16.0 Å². The number of carbonyl (C=O) groups is 1. The van der Waals surface area contributed by atoms with E-state index in [2.05, 4.69) is 10.0 Å². The quantitative estimate of drug-likeness (QED) is 0.516. The summed E-state index contributed by atoms with van der Waals surface area (Å²) in [6.07, 6.45) is 3.06. The maximum atomic E-state index is 12.5. The molecule has 3 rings (SSSR count). The molecule has 152 valence electrons. The summed E-state index contributed by atoms with van der Waals surface area (Å²) in [5.41, 5.74) is 1.53. The van der Waals surface area contributed by atoms with Crippen LogP contribution in [0.2, 0.25) is 5.02 Å². The molecular formula is C21H21ClN2O4S. The van der Waals surface area contributed by atoms with Crippen LogP contribution >= 0.6 is 11.6 Å². The van der Waals surface area contributed by atoms with E-state index in [-0.39, 0.29) is 27.1 Å². The number of aryl methyl sites for hydroxylation is 2. The largest absolute Gasteiger partial charge is 0.469 e. The molecule has 0 saturated carbocycles. The van der Waals surface area contributed by atoms with Gasteiger partial charge in [0, 0.05) is 13.0 Å². The zero-order chi connectivity index (χ0) is 20.9. The number of benzene rings is 2. The predicted molar refractivity (Wildman–Crippen MR) is 113 cm³/mol. The molecule has 1 heterocycles. The number of amides is 1. The van der Waals surface area contributed by atoms with E-state index < -0.39 is 10.0 Å². The molecule has 0 aliphatic rings. The molecule has 1 aromatic heterocycles. The lowest BCUT2D eigenvalue weighted by Gasteiger charge is -2.11. The summed E-state index contributed by atoms with van der Waals surface area (Å²) in [5, 5.41) is 2.96. The molecule has 0 aliphatic heterocycles. The van der Waals surface area contributed by atoms with Crippen LogP contribution < -0.4 is 10.0 Å². The molecular weight excluding hydrogens is 412 g/mol. The smallest absolute Gasteiger partial charge is 0.261 e. The summed E-state index contributed by atoms with van der Waals surface area (Å²) in [6, 6.07) is 14.6. The minimum absolute atomic E-state index is 0.151. The highest BCUT2D eigenvalue weighted by Crippen LogP contribution is 2.23. The van der Waals surface area contributed by atoms with Crippen LogP contribution in [0.4, 0.5) is 5.69 Å². The molecule has 2 aromatic carbocycles. The topological polar surface area (TPSA) is 88.4 Å². The van der Waals surface area contributed by atoms with Crippen LogP contribution in [0, 0.1) is 6.92 Å². The van der Waals surface area contributed by atoms with Gasteiger partial charge < -0.3 is 9.73 Å². The van der Waals surface area contributed by atoms with Crippen molar-refractivity contribution in [3.8, 4) is 0 Å². The second-order valence-corrected chi connectivity index (χ2v) is 8.64. The lowest BCUT2D eigenvalue weighted by molar-refractivity contribution is 0.0953. The molecule has 0 unspecified atom stereocenters. The molecule has 2 N–H and O–H groups in total. The highest BCUT2D eigenvalue weighted by atomic mass is 35.5. The second-order valence-electron chi connectivity index (χ2n) is 6.55. The average molecular weight is 433 g/mol. The van der Waals surface area contributed by atoms with Crippen LogP contribution in [-0.2, 0) is 16.4 Å². The van der Waals surface area contributed by atoms with E-state index in [0.717, 1.165) is 24.2 Å². The van der Waals surface area contributed by atoms with Crippen LogP contribution in [0.15, 0.2) is 70.2 Å². The van der Waals surface area contributed by atoms with E-state index in [1.54, 1.807) is 18.4 Å². The lowest BCUT2D eigenvalue weighted by Crippen LogP contribution is -2.25. The van der Waals surface area contributed by atoms with Gasteiger partial charge >= 0.3 is 0 Å². The van der Waals surface area contributed by atoms with E-state index in [1.807, 2.05) is 19.1 Å². The van der Waals surface area contributed by atoms with E-state index >= 15 is 0 Å². The van der Waals surface area contributed by atoms with Crippen molar-refractivity contribution in [3.63, 3.8) is 0 Å². The van der Waals surface area contributed by atoms with Crippen LogP contribution in [0.3, 0.4) is 0 Å². The molecule has 8 heteroatoms. The fourth-order valence-electron chi connectivity index (χ4n) is 2.71. The molecule has 0 fully saturated rings. The number of hydrogen-bond donors (Lipinski definition) is 2. The summed E-state index contributed by atoms with van der Waals surface area (Å²) in [5.74, 6) is 0.546. The number of sulfonamides is 1. The fraction of sp³-hybridized carbons (Fsp3) is 0.190. The Morgan fingerprint density at radius 1 is 1.10 bits per heavy atom. The monoisotopic (exact) mass is 432 g/mol. The third kappa shape index (κ3) is 5.62. The molecule has 3 aromatic rings. The van der Waals surface area contributed by atoms with Gasteiger partial charge in [0.15, 0.2) is 0 Å². The van der Waals surface area contributed by atoms with E-state index in [1.165, 1.54) is 30.3 Å². The third-order valence-corrected chi connectivity index (χ3v) is 5.97. The van der Waals surface area contributed by atoms with Gasteiger partial charge in [-0.3, -0.25) is 9.52 Å². The number of rotatable bonds is 8. The first-order valence-electron chi connectivity index (χ1n) is 9.05. The van der Waals surface area contributed by atoms with Crippen molar-refractivity contribution >= 4 is 33.2 Å². The molecule has 6 nitrogen and oxygen atoms in total. The number of anilines is 1. The molecule has 1 amide bonds. The lowest BCUT2D eigenvalue weighted by atomic mass is 10.2. The van der Waals surface area contributed by atoms with Gasteiger partial charge in [0.05, 0.1) is 27.4 Å². The van der Waals surface area contributed by atoms with Crippen LogP contribution in [0.25, 0.3) is 0 Å². The van der Waals surface area contributed by atoms with Crippen LogP contribution in [-0.4, -0.2) is 20.9 Å². The SMILES string of the molecule is Cc1ccc(S(=O)(=O)Nc2ccc(C(=O)NCCCc3ccco3)c(Cl)c2)cc1. The van der Waals surface area contributed by atoms with E-state index in [9.17, 15) is 13.2 Å². The number of hydrogen-bond acceptors (Lipinski definition) is 4. The summed E-state index contributed by atoms with van der Waals surface area (Å²) in [4.78, 5) is 12.5. The van der Waals surface area contributed by atoms with Crippen molar-refractivity contribution in [3.05, 3.63) is 82.8 Å². The van der Waals surface area contributed by atoms with Crippen molar-refractivity contribution in [2.45, 2.75) is 24.7 Å². The first-order valence-corrected chi connectivity index (χ1v) is 10.9. The standard InChI is InChI=1S/C21H21ClN2O4S/c1-15-6-9-18(10-7-15)29(26,27)24-16-8-11-19(20(22)14-16)21(25)23-12-2-4-17-5-3-13-28-17/h3,5-11,13-14,24H,2,4,12H2,1H3,(H,23,25).